The molecule has 126 valence electrons. The van der Waals surface area contributed by atoms with Gasteiger partial charge in [-0.2, -0.15) is 0 Å². The van der Waals surface area contributed by atoms with Crippen LogP contribution in [0, 0.1) is 20.8 Å². The zero-order valence-corrected chi connectivity index (χ0v) is 14.1. The summed E-state index contributed by atoms with van der Waals surface area (Å²) in [4.78, 5) is 23.5. The zero-order chi connectivity index (χ0) is 18.1. The van der Waals surface area contributed by atoms with Gasteiger partial charge in [0.05, 0.1) is 11.3 Å². The summed E-state index contributed by atoms with van der Waals surface area (Å²) in [5.74, 6) is -1.21. The molecule has 0 atom stereocenters. The highest BCUT2D eigenvalue weighted by molar-refractivity contribution is 6.60. The number of hydrogen-bond donors (Lipinski definition) is 4. The molecule has 0 aliphatic carbocycles. The summed E-state index contributed by atoms with van der Waals surface area (Å²) in [6.45, 7) is 9.72. The van der Waals surface area contributed by atoms with Crippen molar-refractivity contribution in [2.75, 3.05) is 5.32 Å². The molecule has 0 aliphatic rings. The topological polar surface area (TPSA) is 116 Å². The van der Waals surface area contributed by atoms with Crippen LogP contribution < -0.4 is 10.8 Å². The SMILES string of the molecule is Cc1c(NC(=O)OC(C)(C)C)c(C)c(C(=O)O)c(C)c1B(O)O. The highest BCUT2D eigenvalue weighted by atomic mass is 16.6. The maximum atomic E-state index is 12.0. The Morgan fingerprint density at radius 3 is 1.96 bits per heavy atom. The van der Waals surface area contributed by atoms with E-state index in [9.17, 15) is 24.7 Å². The molecule has 4 N–H and O–H groups in total. The largest absolute Gasteiger partial charge is 0.489 e. The van der Waals surface area contributed by atoms with E-state index in [0.717, 1.165) is 0 Å². The van der Waals surface area contributed by atoms with E-state index in [-0.39, 0.29) is 22.3 Å². The van der Waals surface area contributed by atoms with Gasteiger partial charge in [0.2, 0.25) is 0 Å². The zero-order valence-electron chi connectivity index (χ0n) is 14.1. The van der Waals surface area contributed by atoms with E-state index in [4.69, 9.17) is 4.74 Å². The number of amides is 1. The highest BCUT2D eigenvalue weighted by Crippen LogP contribution is 2.26. The van der Waals surface area contributed by atoms with Gasteiger partial charge in [0.25, 0.3) is 0 Å². The van der Waals surface area contributed by atoms with Crippen molar-refractivity contribution in [2.24, 2.45) is 0 Å². The van der Waals surface area contributed by atoms with Crippen molar-refractivity contribution in [2.45, 2.75) is 47.1 Å². The summed E-state index contributed by atoms with van der Waals surface area (Å²) in [5.41, 5.74) is 0.408. The number of carboxylic acids is 1. The monoisotopic (exact) mass is 323 g/mol. The average Bonchev–Trinajstić information content (AvgIpc) is 2.31. The second-order valence-electron chi connectivity index (χ2n) is 6.34. The van der Waals surface area contributed by atoms with Gasteiger partial charge < -0.3 is 19.9 Å². The smallest absolute Gasteiger partial charge is 0.478 e. The third kappa shape index (κ3) is 4.23. The van der Waals surface area contributed by atoms with Gasteiger partial charge in [0.15, 0.2) is 0 Å². The number of nitrogens with one attached hydrogen (secondary N) is 1. The Bertz CT molecular complexity index is 649. The number of rotatable bonds is 3. The van der Waals surface area contributed by atoms with Crippen molar-refractivity contribution >= 4 is 30.3 Å². The maximum absolute atomic E-state index is 12.0. The number of carbonyl (C=O) groups is 2. The predicted octanol–water partition coefficient (Wildman–Crippen LogP) is 1.34. The second-order valence-corrected chi connectivity index (χ2v) is 6.34. The molecular formula is C15H22BNO6. The first-order valence-corrected chi connectivity index (χ1v) is 7.10. The van der Waals surface area contributed by atoms with Gasteiger partial charge in [-0.25, -0.2) is 9.59 Å². The number of benzene rings is 1. The van der Waals surface area contributed by atoms with Crippen molar-refractivity contribution in [1.29, 1.82) is 0 Å². The van der Waals surface area contributed by atoms with E-state index in [1.165, 1.54) is 6.92 Å². The molecule has 0 aromatic heterocycles. The fraction of sp³-hybridized carbons (Fsp3) is 0.467. The third-order valence-electron chi connectivity index (χ3n) is 3.41. The molecule has 0 radical (unpaired) electrons. The van der Waals surface area contributed by atoms with Gasteiger partial charge >= 0.3 is 19.2 Å². The molecule has 0 aliphatic heterocycles. The first-order valence-electron chi connectivity index (χ1n) is 7.10. The molecule has 0 heterocycles. The van der Waals surface area contributed by atoms with E-state index in [2.05, 4.69) is 5.32 Å². The Hall–Kier alpha value is -2.06. The van der Waals surface area contributed by atoms with E-state index in [1.807, 2.05) is 0 Å². The summed E-state index contributed by atoms with van der Waals surface area (Å²) in [6.07, 6.45) is -0.748. The van der Waals surface area contributed by atoms with Crippen molar-refractivity contribution in [3.05, 3.63) is 22.3 Å². The lowest BCUT2D eigenvalue weighted by Gasteiger charge is -2.23. The summed E-state index contributed by atoms with van der Waals surface area (Å²) < 4.78 is 5.16. The normalized spacial score (nSPS) is 11.1. The van der Waals surface area contributed by atoms with Crippen molar-refractivity contribution in [3.63, 3.8) is 0 Å². The Kier molecular flexibility index (Phi) is 5.45. The minimum absolute atomic E-state index is 0.0547. The van der Waals surface area contributed by atoms with Gasteiger partial charge in [-0.3, -0.25) is 5.32 Å². The highest BCUT2D eigenvalue weighted by Gasteiger charge is 2.28. The minimum Gasteiger partial charge on any atom is -0.478 e. The summed E-state index contributed by atoms with van der Waals surface area (Å²) >= 11 is 0. The molecule has 0 spiro atoms. The molecule has 1 amide bonds. The molecule has 1 aromatic rings. The van der Waals surface area contributed by atoms with Crippen LogP contribution in [0.25, 0.3) is 0 Å². The first kappa shape index (κ1) is 19.0. The van der Waals surface area contributed by atoms with Gasteiger partial charge in [0.1, 0.15) is 5.60 Å². The standard InChI is InChI=1S/C15H22BNO6/c1-7-10(13(18)19)8(2)12(9(3)11(7)16(21)22)17-14(20)23-15(4,5)6/h21-22H,1-6H3,(H,17,20)(H,18,19). The Morgan fingerprint density at radius 1 is 1.04 bits per heavy atom. The molecule has 1 aromatic carbocycles. The molecule has 0 bridgehead atoms. The molecular weight excluding hydrogens is 301 g/mol. The molecule has 1 rings (SSSR count). The Balaban J connectivity index is 3.48. The second kappa shape index (κ2) is 6.60. The van der Waals surface area contributed by atoms with Crippen LogP contribution in [0.5, 0.6) is 0 Å². The minimum atomic E-state index is -1.85. The number of anilines is 1. The fourth-order valence-corrected chi connectivity index (χ4v) is 2.54. The van der Waals surface area contributed by atoms with Crippen LogP contribution in [-0.4, -0.2) is 39.9 Å². The van der Waals surface area contributed by atoms with Crippen molar-refractivity contribution < 1.29 is 29.5 Å². The Labute approximate surface area is 135 Å². The molecule has 0 fully saturated rings. The maximum Gasteiger partial charge on any atom is 0.489 e. The summed E-state index contributed by atoms with van der Waals surface area (Å²) in [5, 5.41) is 31.0. The van der Waals surface area contributed by atoms with Crippen LogP contribution in [-0.2, 0) is 4.74 Å². The van der Waals surface area contributed by atoms with Crippen molar-refractivity contribution in [3.8, 4) is 0 Å². The predicted molar refractivity (Wildman–Crippen MR) is 87.3 cm³/mol. The van der Waals surface area contributed by atoms with E-state index >= 15 is 0 Å². The summed E-state index contributed by atoms with van der Waals surface area (Å²) in [6, 6.07) is 0. The molecule has 8 heteroatoms. The Morgan fingerprint density at radius 2 is 1.57 bits per heavy atom. The van der Waals surface area contributed by atoms with Crippen LogP contribution in [0.1, 0.15) is 47.8 Å². The van der Waals surface area contributed by atoms with Crippen molar-refractivity contribution in [1.82, 2.24) is 0 Å². The van der Waals surface area contributed by atoms with E-state index in [0.29, 0.717) is 11.1 Å². The fourth-order valence-electron chi connectivity index (χ4n) is 2.54. The van der Waals surface area contributed by atoms with Crippen LogP contribution in [0.4, 0.5) is 10.5 Å². The number of ether oxygens (including phenoxy) is 1. The first-order chi connectivity index (χ1) is 10.4. The van der Waals surface area contributed by atoms with Gasteiger partial charge in [-0.05, 0) is 63.7 Å². The van der Waals surface area contributed by atoms with Crippen LogP contribution in [0.3, 0.4) is 0 Å². The lowest BCUT2D eigenvalue weighted by molar-refractivity contribution is 0.0632. The number of carboxylic acid groups (broad SMARTS) is 1. The molecule has 7 nitrogen and oxygen atoms in total. The number of carbonyl (C=O) groups excluding carboxylic acids is 1. The molecule has 0 unspecified atom stereocenters. The molecule has 23 heavy (non-hydrogen) atoms. The lowest BCUT2D eigenvalue weighted by Crippen LogP contribution is -2.37. The van der Waals surface area contributed by atoms with Gasteiger partial charge in [-0.15, -0.1) is 0 Å². The number of aromatic carboxylic acids is 1. The average molecular weight is 323 g/mol. The third-order valence-corrected chi connectivity index (χ3v) is 3.41. The van der Waals surface area contributed by atoms with E-state index in [1.54, 1.807) is 34.6 Å². The summed E-state index contributed by atoms with van der Waals surface area (Å²) in [7, 11) is -1.85. The van der Waals surface area contributed by atoms with Gasteiger partial charge in [-0.1, -0.05) is 0 Å². The lowest BCUT2D eigenvalue weighted by atomic mass is 9.71. The van der Waals surface area contributed by atoms with Gasteiger partial charge in [0, 0.05) is 0 Å². The molecule has 0 saturated heterocycles. The molecule has 0 saturated carbocycles. The van der Waals surface area contributed by atoms with Crippen LogP contribution >= 0.6 is 0 Å². The van der Waals surface area contributed by atoms with Crippen LogP contribution in [0.15, 0.2) is 0 Å². The quantitative estimate of drug-likeness (QED) is 0.624. The number of hydrogen-bond acceptors (Lipinski definition) is 5. The van der Waals surface area contributed by atoms with Crippen LogP contribution in [0.2, 0.25) is 0 Å². The van der Waals surface area contributed by atoms with E-state index < -0.39 is 24.8 Å².